The molecule has 0 bridgehead atoms. The molecule has 1 nitrogen and oxygen atoms in total. The van der Waals surface area contributed by atoms with Gasteiger partial charge in [0.15, 0.2) is 0 Å². The van der Waals surface area contributed by atoms with Crippen LogP contribution in [-0.2, 0) is 0 Å². The zero-order chi connectivity index (χ0) is 14.0. The van der Waals surface area contributed by atoms with Gasteiger partial charge in [0.05, 0.1) is 6.04 Å². The van der Waals surface area contributed by atoms with Crippen LogP contribution in [0.1, 0.15) is 22.7 Å². The fourth-order valence-electron chi connectivity index (χ4n) is 2.18. The van der Waals surface area contributed by atoms with E-state index in [1.165, 1.54) is 9.64 Å². The molecule has 1 N–H and O–H groups in total. The van der Waals surface area contributed by atoms with Crippen molar-refractivity contribution in [2.24, 2.45) is 0 Å². The molecule has 0 aromatic heterocycles. The van der Waals surface area contributed by atoms with Gasteiger partial charge in [-0.1, -0.05) is 22.0 Å². The molecule has 100 valence electrons. The van der Waals surface area contributed by atoms with Crippen molar-refractivity contribution in [1.82, 2.24) is 5.32 Å². The van der Waals surface area contributed by atoms with Crippen molar-refractivity contribution >= 4 is 38.5 Å². The van der Waals surface area contributed by atoms with Gasteiger partial charge in [-0.3, -0.25) is 0 Å². The molecule has 0 aliphatic carbocycles. The van der Waals surface area contributed by atoms with Gasteiger partial charge in [-0.15, -0.1) is 0 Å². The maximum absolute atomic E-state index is 13.2. The third-order valence-corrected chi connectivity index (χ3v) is 4.49. The molecule has 0 saturated heterocycles. The SMILES string of the molecule is CNC(c1ccc(F)cc1C)c1cc(I)ccc1Br. The molecule has 2 aromatic carbocycles. The van der Waals surface area contributed by atoms with Gasteiger partial charge in [0.25, 0.3) is 0 Å². The van der Waals surface area contributed by atoms with E-state index in [0.717, 1.165) is 21.2 Å². The van der Waals surface area contributed by atoms with Crippen molar-refractivity contribution in [2.45, 2.75) is 13.0 Å². The third kappa shape index (κ3) is 3.35. The maximum atomic E-state index is 13.2. The second kappa shape index (κ2) is 6.33. The van der Waals surface area contributed by atoms with Gasteiger partial charge in [0.1, 0.15) is 5.82 Å². The Morgan fingerprint density at radius 2 is 1.89 bits per heavy atom. The quantitative estimate of drug-likeness (QED) is 0.685. The van der Waals surface area contributed by atoms with Crippen molar-refractivity contribution in [1.29, 1.82) is 0 Å². The molecular formula is C15H14BrFIN. The average molecular weight is 434 g/mol. The molecule has 0 fully saturated rings. The van der Waals surface area contributed by atoms with Crippen LogP contribution in [0, 0.1) is 16.3 Å². The molecule has 0 aliphatic heterocycles. The highest BCUT2D eigenvalue weighted by molar-refractivity contribution is 14.1. The van der Waals surface area contributed by atoms with Crippen LogP contribution in [0.4, 0.5) is 4.39 Å². The van der Waals surface area contributed by atoms with Crippen LogP contribution in [0.3, 0.4) is 0 Å². The predicted octanol–water partition coefficient (Wildman–Crippen LogP) is 4.81. The number of aryl methyl sites for hydroxylation is 1. The third-order valence-electron chi connectivity index (χ3n) is 3.10. The lowest BCUT2D eigenvalue weighted by Crippen LogP contribution is -2.19. The van der Waals surface area contributed by atoms with E-state index in [2.05, 4.69) is 56.0 Å². The molecule has 2 rings (SSSR count). The lowest BCUT2D eigenvalue weighted by Gasteiger charge is -2.21. The molecule has 0 saturated carbocycles. The highest BCUT2D eigenvalue weighted by Gasteiger charge is 2.17. The topological polar surface area (TPSA) is 12.0 Å². The summed E-state index contributed by atoms with van der Waals surface area (Å²) in [6.07, 6.45) is 0. The first-order valence-corrected chi connectivity index (χ1v) is 7.78. The maximum Gasteiger partial charge on any atom is 0.123 e. The fourth-order valence-corrected chi connectivity index (χ4v) is 3.17. The van der Waals surface area contributed by atoms with Crippen LogP contribution in [0.5, 0.6) is 0 Å². The van der Waals surface area contributed by atoms with Gasteiger partial charge in [0, 0.05) is 8.04 Å². The fraction of sp³-hybridized carbons (Fsp3) is 0.200. The first-order chi connectivity index (χ1) is 9.02. The van der Waals surface area contributed by atoms with Crippen molar-refractivity contribution < 1.29 is 4.39 Å². The van der Waals surface area contributed by atoms with Crippen LogP contribution < -0.4 is 5.32 Å². The standard InChI is InChI=1S/C15H14BrFIN/c1-9-7-10(17)3-5-12(9)15(19-2)13-8-11(18)4-6-14(13)16/h3-8,15,19H,1-2H3. The molecule has 19 heavy (non-hydrogen) atoms. The minimum atomic E-state index is -0.196. The monoisotopic (exact) mass is 433 g/mol. The highest BCUT2D eigenvalue weighted by Crippen LogP contribution is 2.31. The largest absolute Gasteiger partial charge is 0.309 e. The first-order valence-electron chi connectivity index (χ1n) is 5.91. The second-order valence-electron chi connectivity index (χ2n) is 4.39. The molecular weight excluding hydrogens is 420 g/mol. The summed E-state index contributed by atoms with van der Waals surface area (Å²) in [5, 5.41) is 3.31. The minimum absolute atomic E-state index is 0.0460. The number of benzene rings is 2. The molecule has 2 aromatic rings. The van der Waals surface area contributed by atoms with E-state index in [1.54, 1.807) is 6.07 Å². The normalized spacial score (nSPS) is 12.5. The van der Waals surface area contributed by atoms with E-state index in [4.69, 9.17) is 0 Å². The first kappa shape index (κ1) is 14.9. The summed E-state index contributed by atoms with van der Waals surface area (Å²) in [5.41, 5.74) is 3.20. The van der Waals surface area contributed by atoms with E-state index in [-0.39, 0.29) is 11.9 Å². The van der Waals surface area contributed by atoms with Crippen LogP contribution in [-0.4, -0.2) is 7.05 Å². The van der Waals surface area contributed by atoms with Crippen LogP contribution in [0.2, 0.25) is 0 Å². The zero-order valence-corrected chi connectivity index (χ0v) is 14.4. The Morgan fingerprint density at radius 3 is 2.53 bits per heavy atom. The van der Waals surface area contributed by atoms with Crippen molar-refractivity contribution in [3.8, 4) is 0 Å². The number of hydrogen-bond donors (Lipinski definition) is 1. The molecule has 0 spiro atoms. The Hall–Kier alpha value is -0.460. The van der Waals surface area contributed by atoms with Crippen LogP contribution in [0.15, 0.2) is 40.9 Å². The number of hydrogen-bond acceptors (Lipinski definition) is 1. The Morgan fingerprint density at radius 1 is 1.16 bits per heavy atom. The summed E-state index contributed by atoms with van der Waals surface area (Å²) in [4.78, 5) is 0. The van der Waals surface area contributed by atoms with E-state index in [9.17, 15) is 4.39 Å². The van der Waals surface area contributed by atoms with Gasteiger partial charge in [-0.05, 0) is 83.6 Å². The molecule has 0 radical (unpaired) electrons. The molecule has 1 unspecified atom stereocenters. The van der Waals surface area contributed by atoms with E-state index >= 15 is 0 Å². The number of nitrogens with one attached hydrogen (secondary N) is 1. The Balaban J connectivity index is 2.52. The Kier molecular flexibility index (Phi) is 4.97. The zero-order valence-electron chi connectivity index (χ0n) is 10.7. The summed E-state index contributed by atoms with van der Waals surface area (Å²) in [7, 11) is 1.92. The molecule has 0 heterocycles. The number of halogens is 3. The molecule has 1 atom stereocenters. The minimum Gasteiger partial charge on any atom is -0.309 e. The van der Waals surface area contributed by atoms with Gasteiger partial charge in [-0.25, -0.2) is 4.39 Å². The van der Waals surface area contributed by atoms with E-state index in [1.807, 2.05) is 26.1 Å². The number of rotatable bonds is 3. The second-order valence-corrected chi connectivity index (χ2v) is 6.49. The van der Waals surface area contributed by atoms with Crippen molar-refractivity contribution in [2.75, 3.05) is 7.05 Å². The molecule has 0 amide bonds. The molecule has 4 heteroatoms. The summed E-state index contributed by atoms with van der Waals surface area (Å²) in [6.45, 7) is 1.94. The van der Waals surface area contributed by atoms with E-state index in [0.29, 0.717) is 0 Å². The molecule has 0 aliphatic rings. The predicted molar refractivity (Wildman–Crippen MR) is 88.9 cm³/mol. The summed E-state index contributed by atoms with van der Waals surface area (Å²) >= 11 is 5.89. The lowest BCUT2D eigenvalue weighted by molar-refractivity contribution is 0.621. The van der Waals surface area contributed by atoms with Gasteiger partial charge < -0.3 is 5.32 Å². The van der Waals surface area contributed by atoms with Gasteiger partial charge >= 0.3 is 0 Å². The van der Waals surface area contributed by atoms with Gasteiger partial charge in [0.2, 0.25) is 0 Å². The summed E-state index contributed by atoms with van der Waals surface area (Å²) in [5.74, 6) is -0.196. The Labute approximate surface area is 134 Å². The van der Waals surface area contributed by atoms with Crippen LogP contribution in [0.25, 0.3) is 0 Å². The average Bonchev–Trinajstić information content (AvgIpc) is 2.36. The van der Waals surface area contributed by atoms with Crippen molar-refractivity contribution in [3.05, 3.63) is 66.9 Å². The van der Waals surface area contributed by atoms with Crippen LogP contribution >= 0.6 is 38.5 Å². The van der Waals surface area contributed by atoms with Crippen molar-refractivity contribution in [3.63, 3.8) is 0 Å². The lowest BCUT2D eigenvalue weighted by atomic mass is 9.95. The summed E-state index contributed by atoms with van der Waals surface area (Å²) in [6, 6.07) is 11.2. The Bertz CT molecular complexity index is 601. The van der Waals surface area contributed by atoms with E-state index < -0.39 is 0 Å². The highest BCUT2D eigenvalue weighted by atomic mass is 127. The smallest absolute Gasteiger partial charge is 0.123 e. The van der Waals surface area contributed by atoms with Gasteiger partial charge in [-0.2, -0.15) is 0 Å². The summed E-state index contributed by atoms with van der Waals surface area (Å²) < 4.78 is 15.5.